The summed E-state index contributed by atoms with van der Waals surface area (Å²) in [4.78, 5) is 42.8. The van der Waals surface area contributed by atoms with Gasteiger partial charge in [0.25, 0.3) is 11.8 Å². The number of ether oxygens (including phenoxy) is 1. The van der Waals surface area contributed by atoms with E-state index in [4.69, 9.17) is 4.74 Å². The number of aryl methyl sites for hydroxylation is 2. The zero-order chi connectivity index (χ0) is 31.8. The summed E-state index contributed by atoms with van der Waals surface area (Å²) < 4.78 is 5.27. The molecule has 45 heavy (non-hydrogen) atoms. The molecule has 0 aliphatic carbocycles. The molecule has 0 unspecified atom stereocenters. The molecular weight excluding hydrogens is 562 g/mol. The summed E-state index contributed by atoms with van der Waals surface area (Å²) in [6, 6.07) is 30.3. The van der Waals surface area contributed by atoms with Gasteiger partial charge in [0.1, 0.15) is 17.4 Å². The largest absolute Gasteiger partial charge is 0.497 e. The first-order valence-electron chi connectivity index (χ1n) is 15.4. The minimum absolute atomic E-state index is 0.135. The maximum atomic E-state index is 13.8. The fourth-order valence-electron chi connectivity index (χ4n) is 6.03. The second-order valence-electron chi connectivity index (χ2n) is 11.4. The SMILES string of the molecule is COc1ccc(C(=O)N(CCC(=C=O)N2CCC(c3ccccc3NC(=O)c3ccccc3)CC2)c2ccc(C)cc2C)cc1. The van der Waals surface area contributed by atoms with Crippen molar-refractivity contribution in [1.82, 2.24) is 4.90 Å². The zero-order valence-electron chi connectivity index (χ0n) is 26.1. The Labute approximate surface area is 265 Å². The molecule has 1 saturated heterocycles. The second kappa shape index (κ2) is 14.6. The fraction of sp³-hybridized carbons (Fsp3) is 0.263. The van der Waals surface area contributed by atoms with Crippen LogP contribution in [0.4, 0.5) is 11.4 Å². The number of para-hydroxylation sites is 1. The zero-order valence-corrected chi connectivity index (χ0v) is 26.1. The maximum Gasteiger partial charge on any atom is 0.258 e. The number of hydrogen-bond donors (Lipinski definition) is 1. The van der Waals surface area contributed by atoms with Crippen LogP contribution in [0.5, 0.6) is 5.75 Å². The highest BCUT2D eigenvalue weighted by molar-refractivity contribution is 6.06. The quantitative estimate of drug-likeness (QED) is 0.195. The van der Waals surface area contributed by atoms with Gasteiger partial charge in [-0.3, -0.25) is 9.59 Å². The summed E-state index contributed by atoms with van der Waals surface area (Å²) in [5.41, 5.74) is 6.57. The lowest BCUT2D eigenvalue weighted by Crippen LogP contribution is -2.37. The molecule has 0 atom stereocenters. The van der Waals surface area contributed by atoms with Gasteiger partial charge in [-0.1, -0.05) is 54.1 Å². The van der Waals surface area contributed by atoms with Crippen molar-refractivity contribution < 1.29 is 19.1 Å². The Morgan fingerprint density at radius 2 is 1.58 bits per heavy atom. The Morgan fingerprint density at radius 1 is 0.889 bits per heavy atom. The standard InChI is InChI=1S/C38H39N3O4/c1-27-13-18-36(28(2)25-27)41(38(44)31-14-16-33(45-3)17-15-31)24-21-32(26-42)40-22-19-29(20-23-40)34-11-7-8-12-35(34)39-37(43)30-9-5-4-6-10-30/h4-18,25,29H,19-24H2,1-3H3,(H,39,43). The highest BCUT2D eigenvalue weighted by atomic mass is 16.5. The van der Waals surface area contributed by atoms with Gasteiger partial charge in [0, 0.05) is 48.6 Å². The molecule has 0 radical (unpaired) electrons. The van der Waals surface area contributed by atoms with E-state index in [0.29, 0.717) is 48.6 Å². The molecule has 1 N–H and O–H groups in total. The van der Waals surface area contributed by atoms with Crippen molar-refractivity contribution in [3.05, 3.63) is 131 Å². The Bertz CT molecular complexity index is 1690. The number of carbonyl (C=O) groups is 2. The van der Waals surface area contributed by atoms with Crippen molar-refractivity contribution in [1.29, 1.82) is 0 Å². The van der Waals surface area contributed by atoms with Crippen molar-refractivity contribution >= 4 is 29.1 Å². The van der Waals surface area contributed by atoms with Gasteiger partial charge in [-0.15, -0.1) is 0 Å². The van der Waals surface area contributed by atoms with Crippen molar-refractivity contribution in [2.45, 2.75) is 39.0 Å². The van der Waals surface area contributed by atoms with Gasteiger partial charge in [0.05, 0.1) is 7.11 Å². The van der Waals surface area contributed by atoms with Crippen LogP contribution in [0.3, 0.4) is 0 Å². The molecule has 4 aromatic rings. The van der Waals surface area contributed by atoms with Gasteiger partial charge in [-0.2, -0.15) is 0 Å². The summed E-state index contributed by atoms with van der Waals surface area (Å²) >= 11 is 0. The van der Waals surface area contributed by atoms with Crippen molar-refractivity contribution in [2.24, 2.45) is 0 Å². The molecule has 4 aromatic carbocycles. The van der Waals surface area contributed by atoms with Crippen LogP contribution < -0.4 is 15.0 Å². The van der Waals surface area contributed by atoms with E-state index in [-0.39, 0.29) is 17.7 Å². The van der Waals surface area contributed by atoms with Crippen LogP contribution in [0.1, 0.15) is 62.6 Å². The van der Waals surface area contributed by atoms with E-state index in [9.17, 15) is 14.4 Å². The maximum absolute atomic E-state index is 13.8. The van der Waals surface area contributed by atoms with Gasteiger partial charge in [-0.25, -0.2) is 4.79 Å². The highest BCUT2D eigenvalue weighted by Gasteiger charge is 2.26. The minimum atomic E-state index is -0.136. The summed E-state index contributed by atoms with van der Waals surface area (Å²) in [7, 11) is 1.59. The molecule has 2 amide bonds. The van der Waals surface area contributed by atoms with E-state index in [2.05, 4.69) is 28.3 Å². The molecule has 1 aliphatic rings. The van der Waals surface area contributed by atoms with E-state index in [1.807, 2.05) is 62.4 Å². The topological polar surface area (TPSA) is 79.0 Å². The summed E-state index contributed by atoms with van der Waals surface area (Å²) in [6.07, 6.45) is 2.04. The van der Waals surface area contributed by atoms with E-state index in [0.717, 1.165) is 40.9 Å². The number of nitrogens with one attached hydrogen (secondary N) is 1. The number of rotatable bonds is 10. The number of piperidine rings is 1. The third kappa shape index (κ3) is 7.51. The second-order valence-corrected chi connectivity index (χ2v) is 11.4. The van der Waals surface area contributed by atoms with Crippen LogP contribution in [0.2, 0.25) is 0 Å². The van der Waals surface area contributed by atoms with Gasteiger partial charge >= 0.3 is 0 Å². The van der Waals surface area contributed by atoms with Crippen LogP contribution in [-0.2, 0) is 4.79 Å². The van der Waals surface area contributed by atoms with Crippen molar-refractivity contribution in [2.75, 3.05) is 37.0 Å². The monoisotopic (exact) mass is 601 g/mol. The Balaban J connectivity index is 1.27. The predicted octanol–water partition coefficient (Wildman–Crippen LogP) is 7.20. The van der Waals surface area contributed by atoms with Crippen LogP contribution in [0, 0.1) is 13.8 Å². The number of carbonyl (C=O) groups excluding carboxylic acids is 3. The average molecular weight is 602 g/mol. The van der Waals surface area contributed by atoms with Crippen LogP contribution in [-0.4, -0.2) is 49.4 Å². The lowest BCUT2D eigenvalue weighted by atomic mass is 9.88. The summed E-state index contributed by atoms with van der Waals surface area (Å²) in [6.45, 7) is 5.74. The fourth-order valence-corrected chi connectivity index (χ4v) is 6.03. The molecule has 1 fully saturated rings. The van der Waals surface area contributed by atoms with Crippen LogP contribution >= 0.6 is 0 Å². The summed E-state index contributed by atoms with van der Waals surface area (Å²) in [5, 5.41) is 3.09. The lowest BCUT2D eigenvalue weighted by Gasteiger charge is -2.35. The molecule has 7 heteroatoms. The first-order valence-corrected chi connectivity index (χ1v) is 15.4. The Kier molecular flexibility index (Phi) is 10.1. The molecule has 1 aliphatic heterocycles. The molecule has 0 spiro atoms. The van der Waals surface area contributed by atoms with E-state index >= 15 is 0 Å². The molecule has 1 heterocycles. The first-order chi connectivity index (χ1) is 21.9. The first kappa shape index (κ1) is 31.3. The van der Waals surface area contributed by atoms with Gasteiger partial charge in [0.2, 0.25) is 0 Å². The van der Waals surface area contributed by atoms with Crippen LogP contribution in [0.15, 0.2) is 103 Å². The number of likely N-dealkylation sites (tertiary alicyclic amines) is 1. The molecular formula is C38H39N3O4. The number of hydrogen-bond acceptors (Lipinski definition) is 5. The van der Waals surface area contributed by atoms with Gasteiger partial charge in [-0.05, 0) is 92.3 Å². The Hall–Kier alpha value is -5.13. The molecule has 7 nitrogen and oxygen atoms in total. The third-order valence-electron chi connectivity index (χ3n) is 8.48. The van der Waals surface area contributed by atoms with Crippen LogP contribution in [0.25, 0.3) is 0 Å². The molecule has 230 valence electrons. The summed E-state index contributed by atoms with van der Waals surface area (Å²) in [5.74, 6) is 2.84. The van der Waals surface area contributed by atoms with E-state index in [1.165, 1.54) is 0 Å². The predicted molar refractivity (Wildman–Crippen MR) is 179 cm³/mol. The molecule has 0 bridgehead atoms. The number of nitrogens with zero attached hydrogens (tertiary/aromatic N) is 2. The Morgan fingerprint density at radius 3 is 2.24 bits per heavy atom. The molecule has 0 saturated carbocycles. The van der Waals surface area contributed by atoms with E-state index in [1.54, 1.807) is 48.4 Å². The van der Waals surface area contributed by atoms with Gasteiger partial charge in [0.15, 0.2) is 0 Å². The molecule has 5 rings (SSSR count). The minimum Gasteiger partial charge on any atom is -0.497 e. The number of benzene rings is 4. The van der Waals surface area contributed by atoms with Crippen molar-refractivity contribution in [3.8, 4) is 5.75 Å². The lowest BCUT2D eigenvalue weighted by molar-refractivity contribution is 0.0984. The average Bonchev–Trinajstić information content (AvgIpc) is 3.08. The highest BCUT2D eigenvalue weighted by Crippen LogP contribution is 2.34. The smallest absolute Gasteiger partial charge is 0.258 e. The van der Waals surface area contributed by atoms with Crippen molar-refractivity contribution in [3.63, 3.8) is 0 Å². The number of methoxy groups -OCH3 is 1. The van der Waals surface area contributed by atoms with E-state index < -0.39 is 0 Å². The van der Waals surface area contributed by atoms with Gasteiger partial charge < -0.3 is 19.9 Å². The molecule has 0 aromatic heterocycles. The number of amides is 2. The number of anilines is 2. The third-order valence-corrected chi connectivity index (χ3v) is 8.48. The normalized spacial score (nSPS) is 13.1.